The molecule has 4 rings (SSSR count). The summed E-state index contributed by atoms with van der Waals surface area (Å²) in [6.07, 6.45) is 0.793. The van der Waals surface area contributed by atoms with Crippen molar-refractivity contribution in [1.29, 1.82) is 0 Å². The summed E-state index contributed by atoms with van der Waals surface area (Å²) in [5.74, 6) is -0.836. The van der Waals surface area contributed by atoms with E-state index in [0.29, 0.717) is 18.6 Å². The van der Waals surface area contributed by atoms with Crippen LogP contribution in [0, 0.1) is 0 Å². The Morgan fingerprint density at radius 3 is 2.46 bits per heavy atom. The van der Waals surface area contributed by atoms with Gasteiger partial charge in [0.05, 0.1) is 11.0 Å². The van der Waals surface area contributed by atoms with Gasteiger partial charge >= 0.3 is 11.7 Å². The number of hydrogen-bond acceptors (Lipinski definition) is 4. The van der Waals surface area contributed by atoms with Crippen LogP contribution in [0.4, 0.5) is 0 Å². The number of aromatic nitrogens is 2. The second-order valence-electron chi connectivity index (χ2n) is 6.91. The van der Waals surface area contributed by atoms with Gasteiger partial charge in [-0.1, -0.05) is 36.4 Å². The van der Waals surface area contributed by atoms with Crippen molar-refractivity contribution in [2.24, 2.45) is 7.05 Å². The molecule has 0 radical (unpaired) electrons. The number of amides is 1. The third-order valence-electron chi connectivity index (χ3n) is 5.18. The Hall–Kier alpha value is -3.35. The number of rotatable bonds is 4. The number of para-hydroxylation sites is 2. The van der Waals surface area contributed by atoms with E-state index in [-0.39, 0.29) is 24.7 Å². The molecule has 2 heterocycles. The second-order valence-corrected chi connectivity index (χ2v) is 6.91. The van der Waals surface area contributed by atoms with E-state index in [2.05, 4.69) is 6.07 Å². The second kappa shape index (κ2) is 7.34. The summed E-state index contributed by atoms with van der Waals surface area (Å²) in [5, 5.41) is 0. The Kier molecular flexibility index (Phi) is 4.73. The minimum Gasteiger partial charge on any atom is -0.454 e. The van der Waals surface area contributed by atoms with Crippen LogP contribution in [0.1, 0.15) is 11.1 Å². The van der Waals surface area contributed by atoms with Crippen molar-refractivity contribution in [1.82, 2.24) is 14.0 Å². The summed E-state index contributed by atoms with van der Waals surface area (Å²) in [4.78, 5) is 38.7. The van der Waals surface area contributed by atoms with Crippen LogP contribution in [0.2, 0.25) is 0 Å². The van der Waals surface area contributed by atoms with E-state index < -0.39 is 5.97 Å². The number of carbonyl (C=O) groups is 2. The molecule has 0 spiro atoms. The van der Waals surface area contributed by atoms with E-state index in [1.165, 1.54) is 14.7 Å². The first-order chi connectivity index (χ1) is 13.5. The van der Waals surface area contributed by atoms with Gasteiger partial charge < -0.3 is 9.64 Å². The molecule has 1 amide bonds. The Labute approximate surface area is 161 Å². The molecule has 0 saturated heterocycles. The quantitative estimate of drug-likeness (QED) is 0.644. The van der Waals surface area contributed by atoms with Crippen molar-refractivity contribution in [3.05, 3.63) is 70.1 Å². The minimum atomic E-state index is -0.607. The summed E-state index contributed by atoms with van der Waals surface area (Å²) in [7, 11) is 1.66. The van der Waals surface area contributed by atoms with Crippen molar-refractivity contribution in [2.45, 2.75) is 19.5 Å². The maximum atomic E-state index is 12.4. The third-order valence-corrected chi connectivity index (χ3v) is 5.18. The molecule has 7 nitrogen and oxygen atoms in total. The first-order valence-electron chi connectivity index (χ1n) is 9.19. The maximum absolute atomic E-state index is 12.4. The lowest BCUT2D eigenvalue weighted by atomic mass is 10.00. The number of nitrogens with zero attached hydrogens (tertiary/aromatic N) is 3. The standard InChI is InChI=1S/C21H21N3O4/c1-22-17-8-4-5-9-18(17)24(21(22)27)13-20(26)28-14-19(25)23-11-10-15-6-2-3-7-16(15)12-23/h2-9H,10-14H2,1H3. The van der Waals surface area contributed by atoms with E-state index in [1.807, 2.05) is 30.3 Å². The molecule has 0 unspecified atom stereocenters. The fourth-order valence-corrected chi connectivity index (χ4v) is 3.63. The highest BCUT2D eigenvalue weighted by Crippen LogP contribution is 2.18. The zero-order chi connectivity index (χ0) is 19.7. The maximum Gasteiger partial charge on any atom is 0.329 e. The van der Waals surface area contributed by atoms with Crippen LogP contribution >= 0.6 is 0 Å². The molecule has 144 valence electrons. The molecule has 1 aliphatic heterocycles. The predicted octanol–water partition coefficient (Wildman–Crippen LogP) is 1.47. The molecule has 1 aromatic heterocycles. The Balaban J connectivity index is 1.39. The van der Waals surface area contributed by atoms with Crippen LogP contribution in [0.15, 0.2) is 53.3 Å². The number of hydrogen-bond donors (Lipinski definition) is 0. The number of ether oxygens (including phenoxy) is 1. The van der Waals surface area contributed by atoms with E-state index in [9.17, 15) is 14.4 Å². The van der Waals surface area contributed by atoms with Gasteiger partial charge in [-0.3, -0.25) is 18.7 Å². The molecule has 0 fully saturated rings. The average molecular weight is 379 g/mol. The van der Waals surface area contributed by atoms with Crippen LogP contribution in [0.25, 0.3) is 11.0 Å². The summed E-state index contributed by atoms with van der Waals surface area (Å²) in [6.45, 7) is 0.586. The molecule has 1 aliphatic rings. The monoisotopic (exact) mass is 379 g/mol. The molecular formula is C21H21N3O4. The van der Waals surface area contributed by atoms with Gasteiger partial charge in [-0.05, 0) is 29.7 Å². The molecule has 7 heteroatoms. The number of carbonyl (C=O) groups excluding carboxylic acids is 2. The summed E-state index contributed by atoms with van der Waals surface area (Å²) in [5.41, 5.74) is 3.47. The van der Waals surface area contributed by atoms with Crippen molar-refractivity contribution in [2.75, 3.05) is 13.2 Å². The lowest BCUT2D eigenvalue weighted by Crippen LogP contribution is -2.39. The molecular weight excluding hydrogens is 358 g/mol. The Morgan fingerprint density at radius 2 is 1.68 bits per heavy atom. The highest BCUT2D eigenvalue weighted by molar-refractivity contribution is 5.82. The largest absolute Gasteiger partial charge is 0.454 e. The summed E-state index contributed by atoms with van der Waals surface area (Å²) in [6, 6.07) is 15.3. The Morgan fingerprint density at radius 1 is 1.00 bits per heavy atom. The van der Waals surface area contributed by atoms with Gasteiger partial charge in [0.1, 0.15) is 6.54 Å². The van der Waals surface area contributed by atoms with E-state index >= 15 is 0 Å². The zero-order valence-corrected chi connectivity index (χ0v) is 15.6. The van der Waals surface area contributed by atoms with Gasteiger partial charge in [0.15, 0.2) is 6.61 Å². The summed E-state index contributed by atoms with van der Waals surface area (Å²) < 4.78 is 8.01. The number of fused-ring (bicyclic) bond motifs is 2. The van der Waals surface area contributed by atoms with Crippen molar-refractivity contribution >= 4 is 22.9 Å². The Bertz CT molecular complexity index is 1110. The highest BCUT2D eigenvalue weighted by Gasteiger charge is 2.22. The summed E-state index contributed by atoms with van der Waals surface area (Å²) >= 11 is 0. The smallest absolute Gasteiger partial charge is 0.329 e. The van der Waals surface area contributed by atoms with Crippen LogP contribution < -0.4 is 5.69 Å². The number of benzene rings is 2. The lowest BCUT2D eigenvalue weighted by Gasteiger charge is -2.28. The zero-order valence-electron chi connectivity index (χ0n) is 15.6. The van der Waals surface area contributed by atoms with Gasteiger partial charge in [-0.15, -0.1) is 0 Å². The number of aryl methyl sites for hydroxylation is 1. The minimum absolute atomic E-state index is 0.226. The fourth-order valence-electron chi connectivity index (χ4n) is 3.63. The molecule has 0 N–H and O–H groups in total. The van der Waals surface area contributed by atoms with Gasteiger partial charge in [-0.25, -0.2) is 4.79 Å². The van der Waals surface area contributed by atoms with Crippen LogP contribution in [-0.2, 0) is 40.9 Å². The molecule has 0 aliphatic carbocycles. The van der Waals surface area contributed by atoms with Crippen LogP contribution in [0.3, 0.4) is 0 Å². The lowest BCUT2D eigenvalue weighted by molar-refractivity contribution is -0.152. The van der Waals surface area contributed by atoms with Crippen molar-refractivity contribution in [3.8, 4) is 0 Å². The predicted molar refractivity (Wildman–Crippen MR) is 104 cm³/mol. The molecule has 0 atom stereocenters. The SMILES string of the molecule is Cn1c(=O)n(CC(=O)OCC(=O)N2CCc3ccccc3C2)c2ccccc21. The van der Waals surface area contributed by atoms with E-state index in [0.717, 1.165) is 17.5 Å². The molecule has 28 heavy (non-hydrogen) atoms. The van der Waals surface area contributed by atoms with Crippen LogP contribution in [-0.4, -0.2) is 39.1 Å². The van der Waals surface area contributed by atoms with Gasteiger partial charge in [0.25, 0.3) is 5.91 Å². The van der Waals surface area contributed by atoms with Crippen molar-refractivity contribution in [3.63, 3.8) is 0 Å². The van der Waals surface area contributed by atoms with Crippen molar-refractivity contribution < 1.29 is 14.3 Å². The first kappa shape index (κ1) is 18.0. The fraction of sp³-hybridized carbons (Fsp3) is 0.286. The first-order valence-corrected chi connectivity index (χ1v) is 9.19. The molecule has 2 aromatic carbocycles. The average Bonchev–Trinajstić information content (AvgIpc) is 2.96. The molecule has 0 bridgehead atoms. The number of esters is 1. The topological polar surface area (TPSA) is 73.5 Å². The van der Waals surface area contributed by atoms with E-state index in [4.69, 9.17) is 4.74 Å². The van der Waals surface area contributed by atoms with Gasteiger partial charge in [0, 0.05) is 20.1 Å². The number of imidazole rings is 1. The van der Waals surface area contributed by atoms with E-state index in [1.54, 1.807) is 24.1 Å². The third kappa shape index (κ3) is 3.31. The normalized spacial score (nSPS) is 13.4. The van der Waals surface area contributed by atoms with Gasteiger partial charge in [-0.2, -0.15) is 0 Å². The highest BCUT2D eigenvalue weighted by atomic mass is 16.5. The molecule has 0 saturated carbocycles. The molecule has 3 aromatic rings. The van der Waals surface area contributed by atoms with Gasteiger partial charge in [0.2, 0.25) is 0 Å². The van der Waals surface area contributed by atoms with Crippen LogP contribution in [0.5, 0.6) is 0 Å².